The van der Waals surface area contributed by atoms with Crippen molar-refractivity contribution in [3.8, 4) is 0 Å². The van der Waals surface area contributed by atoms with E-state index in [0.717, 1.165) is 19.3 Å². The minimum Gasteiger partial charge on any atom is -0.465 e. The summed E-state index contributed by atoms with van der Waals surface area (Å²) in [6.07, 6.45) is 14.4. The van der Waals surface area contributed by atoms with Gasteiger partial charge < -0.3 is 4.74 Å². The number of hydrogen-bond donors (Lipinski definition) is 0. The van der Waals surface area contributed by atoms with E-state index in [1.165, 1.54) is 57.8 Å². The zero-order valence-corrected chi connectivity index (χ0v) is 15.7. The third-order valence-corrected chi connectivity index (χ3v) is 4.74. The SMILES string of the molecule is CCCCCCCCC(CC)C(=O)OCC(CC)CCCC. The van der Waals surface area contributed by atoms with Crippen LogP contribution in [0.25, 0.3) is 0 Å². The maximum absolute atomic E-state index is 12.2. The molecule has 0 aliphatic carbocycles. The molecule has 0 aromatic heterocycles. The van der Waals surface area contributed by atoms with E-state index < -0.39 is 0 Å². The Morgan fingerprint density at radius 1 is 0.773 bits per heavy atom. The Hall–Kier alpha value is -0.530. The molecule has 0 aliphatic heterocycles. The lowest BCUT2D eigenvalue weighted by molar-refractivity contribution is -0.150. The largest absolute Gasteiger partial charge is 0.465 e. The standard InChI is InChI=1S/C20H40O2/c1-5-9-11-12-13-14-16-19(8-4)20(21)22-17-18(7-3)15-10-6-2/h18-19H,5-17H2,1-4H3. The first-order valence-electron chi connectivity index (χ1n) is 9.86. The molecule has 2 atom stereocenters. The number of carbonyl (C=O) groups is 1. The number of rotatable bonds is 15. The van der Waals surface area contributed by atoms with Gasteiger partial charge in [-0.15, -0.1) is 0 Å². The summed E-state index contributed by atoms with van der Waals surface area (Å²) < 4.78 is 5.60. The van der Waals surface area contributed by atoms with Crippen molar-refractivity contribution in [2.75, 3.05) is 6.61 Å². The summed E-state index contributed by atoms with van der Waals surface area (Å²) in [6, 6.07) is 0. The highest BCUT2D eigenvalue weighted by atomic mass is 16.5. The lowest BCUT2D eigenvalue weighted by Gasteiger charge is -2.18. The first-order chi connectivity index (χ1) is 10.7. The van der Waals surface area contributed by atoms with Crippen molar-refractivity contribution in [2.45, 2.75) is 105 Å². The molecule has 22 heavy (non-hydrogen) atoms. The molecule has 0 aliphatic rings. The number of unbranched alkanes of at least 4 members (excludes halogenated alkanes) is 6. The minimum absolute atomic E-state index is 0.0472. The van der Waals surface area contributed by atoms with Crippen LogP contribution in [0, 0.1) is 11.8 Å². The molecule has 2 heteroatoms. The Morgan fingerprint density at radius 3 is 2.00 bits per heavy atom. The Morgan fingerprint density at radius 2 is 1.41 bits per heavy atom. The maximum Gasteiger partial charge on any atom is 0.308 e. The molecule has 0 saturated carbocycles. The second kappa shape index (κ2) is 15.4. The fourth-order valence-corrected chi connectivity index (χ4v) is 2.88. The van der Waals surface area contributed by atoms with Crippen LogP contribution in [0.1, 0.15) is 105 Å². The molecule has 0 rings (SSSR count). The van der Waals surface area contributed by atoms with Crippen molar-refractivity contribution >= 4 is 5.97 Å². The summed E-state index contributed by atoms with van der Waals surface area (Å²) in [6.45, 7) is 9.39. The van der Waals surface area contributed by atoms with Crippen LogP contribution in [0.3, 0.4) is 0 Å². The van der Waals surface area contributed by atoms with E-state index in [9.17, 15) is 4.79 Å². The number of esters is 1. The third kappa shape index (κ3) is 11.1. The van der Waals surface area contributed by atoms with E-state index in [0.29, 0.717) is 12.5 Å². The highest BCUT2D eigenvalue weighted by Crippen LogP contribution is 2.19. The molecule has 0 amide bonds. The van der Waals surface area contributed by atoms with Crippen LogP contribution in [0.2, 0.25) is 0 Å². The average molecular weight is 313 g/mol. The molecule has 2 unspecified atom stereocenters. The van der Waals surface area contributed by atoms with Gasteiger partial charge in [-0.1, -0.05) is 85.5 Å². The van der Waals surface area contributed by atoms with Crippen molar-refractivity contribution < 1.29 is 9.53 Å². The molecule has 132 valence electrons. The van der Waals surface area contributed by atoms with Crippen LogP contribution in [0.15, 0.2) is 0 Å². The molecule has 0 bridgehead atoms. The van der Waals surface area contributed by atoms with Crippen LogP contribution < -0.4 is 0 Å². The lowest BCUT2D eigenvalue weighted by Crippen LogP contribution is -2.21. The zero-order valence-electron chi connectivity index (χ0n) is 15.7. The quantitative estimate of drug-likeness (QED) is 0.254. The van der Waals surface area contributed by atoms with Gasteiger partial charge in [-0.2, -0.15) is 0 Å². The van der Waals surface area contributed by atoms with Crippen molar-refractivity contribution in [3.05, 3.63) is 0 Å². The summed E-state index contributed by atoms with van der Waals surface area (Å²) in [5, 5.41) is 0. The van der Waals surface area contributed by atoms with Crippen LogP contribution >= 0.6 is 0 Å². The van der Waals surface area contributed by atoms with Crippen LogP contribution in [0.5, 0.6) is 0 Å². The normalized spacial score (nSPS) is 13.8. The predicted octanol–water partition coefficient (Wildman–Crippen LogP) is 6.52. The fourth-order valence-electron chi connectivity index (χ4n) is 2.88. The molecule has 0 heterocycles. The molecule has 0 aromatic rings. The zero-order chi connectivity index (χ0) is 16.6. The van der Waals surface area contributed by atoms with Gasteiger partial charge in [0.15, 0.2) is 0 Å². The molecule has 0 radical (unpaired) electrons. The number of ether oxygens (including phenoxy) is 1. The second-order valence-corrected chi connectivity index (χ2v) is 6.71. The van der Waals surface area contributed by atoms with E-state index in [2.05, 4.69) is 27.7 Å². The van der Waals surface area contributed by atoms with Gasteiger partial charge in [-0.3, -0.25) is 4.79 Å². The smallest absolute Gasteiger partial charge is 0.308 e. The molecule has 0 aromatic carbocycles. The van der Waals surface area contributed by atoms with Gasteiger partial charge >= 0.3 is 5.97 Å². The average Bonchev–Trinajstić information content (AvgIpc) is 2.54. The van der Waals surface area contributed by atoms with Crippen LogP contribution in [-0.2, 0) is 9.53 Å². The maximum atomic E-state index is 12.2. The Labute approximate surface area is 139 Å². The van der Waals surface area contributed by atoms with Crippen molar-refractivity contribution in [2.24, 2.45) is 11.8 Å². The van der Waals surface area contributed by atoms with Gasteiger partial charge in [0.05, 0.1) is 12.5 Å². The Bertz CT molecular complexity index is 250. The van der Waals surface area contributed by atoms with Crippen LogP contribution in [0.4, 0.5) is 0 Å². The fraction of sp³-hybridized carbons (Fsp3) is 0.950. The second-order valence-electron chi connectivity index (χ2n) is 6.71. The molecule has 0 saturated heterocycles. The first kappa shape index (κ1) is 21.5. The number of carbonyl (C=O) groups excluding carboxylic acids is 1. The summed E-state index contributed by atoms with van der Waals surface area (Å²) >= 11 is 0. The Kier molecular flexibility index (Phi) is 15.0. The highest BCUT2D eigenvalue weighted by molar-refractivity contribution is 5.72. The van der Waals surface area contributed by atoms with Gasteiger partial charge in [0, 0.05) is 0 Å². The van der Waals surface area contributed by atoms with Gasteiger partial charge in [0.2, 0.25) is 0 Å². The molecular formula is C20H40O2. The molecule has 0 spiro atoms. The lowest BCUT2D eigenvalue weighted by atomic mass is 9.97. The van der Waals surface area contributed by atoms with Gasteiger partial charge in [-0.05, 0) is 25.2 Å². The summed E-state index contributed by atoms with van der Waals surface area (Å²) in [5.74, 6) is 0.719. The van der Waals surface area contributed by atoms with E-state index in [4.69, 9.17) is 4.74 Å². The van der Waals surface area contributed by atoms with E-state index in [-0.39, 0.29) is 11.9 Å². The van der Waals surface area contributed by atoms with Crippen LogP contribution in [-0.4, -0.2) is 12.6 Å². The molecule has 0 N–H and O–H groups in total. The summed E-state index contributed by atoms with van der Waals surface area (Å²) in [7, 11) is 0. The van der Waals surface area contributed by atoms with Crippen molar-refractivity contribution in [1.29, 1.82) is 0 Å². The topological polar surface area (TPSA) is 26.3 Å². The highest BCUT2D eigenvalue weighted by Gasteiger charge is 2.19. The van der Waals surface area contributed by atoms with Crippen molar-refractivity contribution in [3.63, 3.8) is 0 Å². The summed E-state index contributed by atoms with van der Waals surface area (Å²) in [5.41, 5.74) is 0. The molecular weight excluding hydrogens is 272 g/mol. The van der Waals surface area contributed by atoms with E-state index in [1.807, 2.05) is 0 Å². The Balaban J connectivity index is 3.88. The number of hydrogen-bond acceptors (Lipinski definition) is 2. The van der Waals surface area contributed by atoms with Crippen molar-refractivity contribution in [1.82, 2.24) is 0 Å². The van der Waals surface area contributed by atoms with Gasteiger partial charge in [0.1, 0.15) is 0 Å². The monoisotopic (exact) mass is 312 g/mol. The van der Waals surface area contributed by atoms with E-state index >= 15 is 0 Å². The minimum atomic E-state index is 0.0472. The van der Waals surface area contributed by atoms with Gasteiger partial charge in [-0.25, -0.2) is 0 Å². The third-order valence-electron chi connectivity index (χ3n) is 4.74. The van der Waals surface area contributed by atoms with E-state index in [1.54, 1.807) is 0 Å². The predicted molar refractivity (Wildman–Crippen MR) is 96.0 cm³/mol. The van der Waals surface area contributed by atoms with Gasteiger partial charge in [0.25, 0.3) is 0 Å². The molecule has 0 fully saturated rings. The molecule has 2 nitrogen and oxygen atoms in total. The first-order valence-corrected chi connectivity index (χ1v) is 9.86. The summed E-state index contributed by atoms with van der Waals surface area (Å²) in [4.78, 5) is 12.2.